The van der Waals surface area contributed by atoms with Gasteiger partial charge in [0.15, 0.2) is 0 Å². The van der Waals surface area contributed by atoms with Crippen molar-refractivity contribution in [3.8, 4) is 0 Å². The van der Waals surface area contributed by atoms with Gasteiger partial charge in [-0.1, -0.05) is 6.07 Å². The lowest BCUT2D eigenvalue weighted by Crippen LogP contribution is -2.34. The third-order valence-electron chi connectivity index (χ3n) is 3.14. The average Bonchev–Trinajstić information content (AvgIpc) is 2.45. The van der Waals surface area contributed by atoms with Crippen LogP contribution in [-0.2, 0) is 7.05 Å². The summed E-state index contributed by atoms with van der Waals surface area (Å²) in [6.07, 6.45) is 3.39. The van der Waals surface area contributed by atoms with Gasteiger partial charge in [0.2, 0.25) is 0 Å². The zero-order chi connectivity index (χ0) is 9.54. The molecule has 1 aromatic carbocycles. The van der Waals surface area contributed by atoms with Crippen molar-refractivity contribution in [2.45, 2.75) is 12.5 Å². The lowest BCUT2D eigenvalue weighted by Gasteiger charge is -2.28. The molecule has 14 heavy (non-hydrogen) atoms. The molecule has 0 aliphatic carbocycles. The predicted molar refractivity (Wildman–Crippen MR) is 58.3 cm³/mol. The number of hydrogen-bond donors (Lipinski definition) is 1. The van der Waals surface area contributed by atoms with Crippen molar-refractivity contribution in [2.24, 2.45) is 7.05 Å². The summed E-state index contributed by atoms with van der Waals surface area (Å²) in [4.78, 5) is 0. The van der Waals surface area contributed by atoms with Gasteiger partial charge in [-0.2, -0.15) is 0 Å². The van der Waals surface area contributed by atoms with E-state index in [9.17, 15) is 0 Å². The van der Waals surface area contributed by atoms with E-state index in [0.29, 0.717) is 6.04 Å². The number of hydrogen-bond acceptors (Lipinski definition) is 1. The standard InChI is InChI=1S/C12H14N2/c1-14-7-5-10-8-9(2-3-12(10)14)11-4-6-13-11/h2-3,5,7-8,11,13H,4,6H2,1H3. The van der Waals surface area contributed by atoms with Crippen LogP contribution in [0.4, 0.5) is 0 Å². The number of rotatable bonds is 1. The molecule has 0 saturated carbocycles. The molecular formula is C12H14N2. The van der Waals surface area contributed by atoms with Crippen molar-refractivity contribution in [2.75, 3.05) is 6.54 Å². The molecule has 2 heteroatoms. The number of aromatic nitrogens is 1. The van der Waals surface area contributed by atoms with E-state index in [1.807, 2.05) is 0 Å². The number of fused-ring (bicyclic) bond motifs is 1. The molecule has 0 radical (unpaired) electrons. The van der Waals surface area contributed by atoms with Crippen LogP contribution in [0.5, 0.6) is 0 Å². The number of aryl methyl sites for hydroxylation is 1. The van der Waals surface area contributed by atoms with E-state index in [1.54, 1.807) is 0 Å². The second kappa shape index (κ2) is 2.85. The zero-order valence-corrected chi connectivity index (χ0v) is 8.33. The van der Waals surface area contributed by atoms with Crippen LogP contribution in [0.1, 0.15) is 18.0 Å². The van der Waals surface area contributed by atoms with Crippen LogP contribution in [0.2, 0.25) is 0 Å². The van der Waals surface area contributed by atoms with Crippen molar-refractivity contribution in [3.05, 3.63) is 36.0 Å². The van der Waals surface area contributed by atoms with Gasteiger partial charge in [0.05, 0.1) is 0 Å². The number of nitrogens with zero attached hydrogens (tertiary/aromatic N) is 1. The Morgan fingerprint density at radius 2 is 2.21 bits per heavy atom. The molecule has 2 nitrogen and oxygen atoms in total. The first-order chi connectivity index (χ1) is 6.84. The maximum absolute atomic E-state index is 3.43. The summed E-state index contributed by atoms with van der Waals surface area (Å²) in [5.74, 6) is 0. The van der Waals surface area contributed by atoms with Crippen LogP contribution in [0.3, 0.4) is 0 Å². The topological polar surface area (TPSA) is 17.0 Å². The molecule has 1 unspecified atom stereocenters. The van der Waals surface area contributed by atoms with Crippen LogP contribution in [0.15, 0.2) is 30.5 Å². The number of benzene rings is 1. The highest BCUT2D eigenvalue weighted by Gasteiger charge is 2.18. The van der Waals surface area contributed by atoms with Crippen molar-refractivity contribution >= 4 is 10.9 Å². The highest BCUT2D eigenvalue weighted by Crippen LogP contribution is 2.26. The largest absolute Gasteiger partial charge is 0.351 e. The SMILES string of the molecule is Cn1ccc2cc(C3CCN3)ccc21. The fourth-order valence-corrected chi connectivity index (χ4v) is 2.09. The Balaban J connectivity index is 2.10. The Kier molecular flexibility index (Phi) is 1.64. The summed E-state index contributed by atoms with van der Waals surface area (Å²) in [5, 5.41) is 4.77. The summed E-state index contributed by atoms with van der Waals surface area (Å²) < 4.78 is 2.16. The first kappa shape index (κ1) is 8.06. The normalized spacial score (nSPS) is 21.1. The average molecular weight is 186 g/mol. The van der Waals surface area contributed by atoms with E-state index in [-0.39, 0.29) is 0 Å². The minimum absolute atomic E-state index is 0.597. The molecule has 1 aliphatic heterocycles. The molecule has 1 N–H and O–H groups in total. The van der Waals surface area contributed by atoms with Gasteiger partial charge < -0.3 is 9.88 Å². The van der Waals surface area contributed by atoms with E-state index in [1.165, 1.54) is 22.9 Å². The monoisotopic (exact) mass is 186 g/mol. The summed E-state index contributed by atoms with van der Waals surface area (Å²) >= 11 is 0. The predicted octanol–water partition coefficient (Wildman–Crippen LogP) is 2.21. The summed E-state index contributed by atoms with van der Waals surface area (Å²) in [7, 11) is 2.09. The molecule has 3 rings (SSSR count). The Hall–Kier alpha value is -1.28. The molecule has 1 atom stereocenters. The second-order valence-electron chi connectivity index (χ2n) is 4.04. The Morgan fingerprint density at radius 3 is 2.93 bits per heavy atom. The summed E-state index contributed by atoms with van der Waals surface area (Å²) in [6, 6.07) is 9.52. The van der Waals surface area contributed by atoms with Gasteiger partial charge in [-0.25, -0.2) is 0 Å². The molecule has 0 bridgehead atoms. The van der Waals surface area contributed by atoms with E-state index >= 15 is 0 Å². The van der Waals surface area contributed by atoms with Crippen molar-refractivity contribution in [1.82, 2.24) is 9.88 Å². The maximum atomic E-state index is 3.43. The second-order valence-corrected chi connectivity index (χ2v) is 4.04. The quantitative estimate of drug-likeness (QED) is 0.722. The van der Waals surface area contributed by atoms with E-state index in [4.69, 9.17) is 0 Å². The maximum Gasteiger partial charge on any atom is 0.0477 e. The molecule has 0 spiro atoms. The Morgan fingerprint density at radius 1 is 1.36 bits per heavy atom. The van der Waals surface area contributed by atoms with Gasteiger partial charge in [-0.15, -0.1) is 0 Å². The molecule has 72 valence electrons. The van der Waals surface area contributed by atoms with Gasteiger partial charge in [0, 0.05) is 24.8 Å². The molecule has 1 saturated heterocycles. The highest BCUT2D eigenvalue weighted by atomic mass is 15.0. The van der Waals surface area contributed by atoms with Crippen LogP contribution in [0.25, 0.3) is 10.9 Å². The minimum atomic E-state index is 0.597. The molecule has 1 aromatic heterocycles. The Bertz CT molecular complexity index is 466. The first-order valence-electron chi connectivity index (χ1n) is 5.13. The van der Waals surface area contributed by atoms with E-state index in [0.717, 1.165) is 6.54 Å². The van der Waals surface area contributed by atoms with Crippen LogP contribution >= 0.6 is 0 Å². The lowest BCUT2D eigenvalue weighted by atomic mass is 9.97. The molecule has 0 amide bonds. The fraction of sp³-hybridized carbons (Fsp3) is 0.333. The van der Waals surface area contributed by atoms with Crippen LogP contribution in [-0.4, -0.2) is 11.1 Å². The van der Waals surface area contributed by atoms with Gasteiger partial charge in [0.25, 0.3) is 0 Å². The van der Waals surface area contributed by atoms with Gasteiger partial charge in [-0.05, 0) is 42.1 Å². The molecule has 2 heterocycles. The highest BCUT2D eigenvalue weighted by molar-refractivity contribution is 5.80. The van der Waals surface area contributed by atoms with Gasteiger partial charge >= 0.3 is 0 Å². The zero-order valence-electron chi connectivity index (χ0n) is 8.33. The van der Waals surface area contributed by atoms with Gasteiger partial charge in [0.1, 0.15) is 0 Å². The van der Waals surface area contributed by atoms with E-state index < -0.39 is 0 Å². The summed E-state index contributed by atoms with van der Waals surface area (Å²) in [5.41, 5.74) is 2.74. The minimum Gasteiger partial charge on any atom is -0.351 e. The third kappa shape index (κ3) is 1.07. The third-order valence-corrected chi connectivity index (χ3v) is 3.14. The lowest BCUT2D eigenvalue weighted by molar-refractivity contribution is 0.383. The van der Waals surface area contributed by atoms with Crippen LogP contribution < -0.4 is 5.32 Å². The van der Waals surface area contributed by atoms with Crippen molar-refractivity contribution in [1.29, 1.82) is 0 Å². The first-order valence-corrected chi connectivity index (χ1v) is 5.13. The van der Waals surface area contributed by atoms with E-state index in [2.05, 4.69) is 47.4 Å². The van der Waals surface area contributed by atoms with Gasteiger partial charge in [-0.3, -0.25) is 0 Å². The van der Waals surface area contributed by atoms with Crippen LogP contribution in [0, 0.1) is 0 Å². The summed E-state index contributed by atoms with van der Waals surface area (Å²) in [6.45, 7) is 1.16. The molecule has 1 aliphatic rings. The smallest absolute Gasteiger partial charge is 0.0477 e. The number of nitrogens with one attached hydrogen (secondary N) is 1. The fourth-order valence-electron chi connectivity index (χ4n) is 2.09. The molecular weight excluding hydrogens is 172 g/mol. The molecule has 2 aromatic rings. The molecule has 1 fully saturated rings. The van der Waals surface area contributed by atoms with Crippen molar-refractivity contribution < 1.29 is 0 Å². The van der Waals surface area contributed by atoms with Crippen molar-refractivity contribution in [3.63, 3.8) is 0 Å². The Labute approximate surface area is 83.5 Å².